The Labute approximate surface area is 110 Å². The first-order chi connectivity index (χ1) is 7.66. The Balaban J connectivity index is 2.01. The van der Waals surface area contributed by atoms with E-state index in [0.29, 0.717) is 6.04 Å². The Morgan fingerprint density at radius 1 is 1.38 bits per heavy atom. The number of rotatable bonds is 2. The Bertz CT molecular complexity index is 362. The van der Waals surface area contributed by atoms with Gasteiger partial charge in [0.15, 0.2) is 0 Å². The van der Waals surface area contributed by atoms with Crippen molar-refractivity contribution in [3.63, 3.8) is 0 Å². The molecule has 2 nitrogen and oxygen atoms in total. The highest BCUT2D eigenvalue weighted by Crippen LogP contribution is 2.31. The van der Waals surface area contributed by atoms with E-state index in [9.17, 15) is 0 Å². The van der Waals surface area contributed by atoms with Crippen LogP contribution in [0.4, 0.5) is 5.69 Å². The predicted molar refractivity (Wildman–Crippen MR) is 73.3 cm³/mol. The first-order valence-corrected chi connectivity index (χ1v) is 6.73. The first kappa shape index (κ1) is 12.2. The molecular formula is C12H16BrClN2. The Morgan fingerprint density at radius 2 is 2.06 bits per heavy atom. The molecule has 0 atom stereocenters. The molecule has 0 aliphatic carbocycles. The smallest absolute Gasteiger partial charge is 0.0593 e. The molecule has 1 aromatic rings. The predicted octanol–water partition coefficient (Wildman–Crippen LogP) is 3.61. The minimum absolute atomic E-state index is 0.561. The van der Waals surface area contributed by atoms with E-state index in [4.69, 9.17) is 11.6 Å². The van der Waals surface area contributed by atoms with Crippen LogP contribution in [0.3, 0.4) is 0 Å². The van der Waals surface area contributed by atoms with Crippen molar-refractivity contribution >= 4 is 33.2 Å². The zero-order chi connectivity index (χ0) is 11.5. The van der Waals surface area contributed by atoms with E-state index in [2.05, 4.69) is 39.3 Å². The Morgan fingerprint density at radius 3 is 2.75 bits per heavy atom. The van der Waals surface area contributed by atoms with Crippen molar-refractivity contribution in [1.82, 2.24) is 4.90 Å². The van der Waals surface area contributed by atoms with Crippen LogP contribution in [-0.2, 0) is 0 Å². The lowest BCUT2D eigenvalue weighted by Gasteiger charge is -2.30. The second-order valence-electron chi connectivity index (χ2n) is 4.32. The fourth-order valence-electron chi connectivity index (χ4n) is 1.99. The van der Waals surface area contributed by atoms with E-state index in [-0.39, 0.29) is 0 Å². The normalized spacial score (nSPS) is 18.7. The zero-order valence-corrected chi connectivity index (χ0v) is 11.7. The van der Waals surface area contributed by atoms with Crippen LogP contribution in [0, 0.1) is 0 Å². The lowest BCUT2D eigenvalue weighted by molar-refractivity contribution is 0.264. The molecule has 0 amide bonds. The molecule has 16 heavy (non-hydrogen) atoms. The van der Waals surface area contributed by atoms with Crippen LogP contribution in [0.5, 0.6) is 0 Å². The molecule has 1 aliphatic heterocycles. The van der Waals surface area contributed by atoms with Gasteiger partial charge in [-0.25, -0.2) is 0 Å². The number of nitrogens with one attached hydrogen (secondary N) is 1. The number of hydrogen-bond donors (Lipinski definition) is 1. The molecule has 4 heteroatoms. The molecular weight excluding hydrogens is 288 g/mol. The maximum atomic E-state index is 6.06. The number of halogens is 2. The van der Waals surface area contributed by atoms with Crippen LogP contribution in [0.15, 0.2) is 22.7 Å². The molecule has 1 aromatic carbocycles. The zero-order valence-electron chi connectivity index (χ0n) is 9.34. The second kappa shape index (κ2) is 5.39. The fraction of sp³-hybridized carbons (Fsp3) is 0.500. The van der Waals surface area contributed by atoms with Gasteiger partial charge in [0.05, 0.1) is 15.2 Å². The summed E-state index contributed by atoms with van der Waals surface area (Å²) < 4.78 is 0.968. The molecule has 1 aliphatic rings. The average molecular weight is 304 g/mol. The van der Waals surface area contributed by atoms with Gasteiger partial charge in [-0.15, -0.1) is 0 Å². The lowest BCUT2D eigenvalue weighted by atomic mass is 10.1. The van der Waals surface area contributed by atoms with E-state index >= 15 is 0 Å². The van der Waals surface area contributed by atoms with E-state index in [1.807, 2.05) is 12.1 Å². The van der Waals surface area contributed by atoms with Crippen LogP contribution in [0.1, 0.15) is 12.8 Å². The largest absolute Gasteiger partial charge is 0.381 e. The van der Waals surface area contributed by atoms with Crippen LogP contribution in [0.25, 0.3) is 0 Å². The van der Waals surface area contributed by atoms with E-state index < -0.39 is 0 Å². The maximum absolute atomic E-state index is 6.06. The van der Waals surface area contributed by atoms with Gasteiger partial charge in [0, 0.05) is 6.04 Å². The summed E-state index contributed by atoms with van der Waals surface area (Å²) in [6.07, 6.45) is 2.38. The van der Waals surface area contributed by atoms with Crippen LogP contribution in [0.2, 0.25) is 5.02 Å². The summed E-state index contributed by atoms with van der Waals surface area (Å²) in [5, 5.41) is 4.31. The van der Waals surface area contributed by atoms with Crippen LogP contribution < -0.4 is 5.32 Å². The number of hydrogen-bond acceptors (Lipinski definition) is 2. The summed E-state index contributed by atoms with van der Waals surface area (Å²) in [6.45, 7) is 2.33. The molecule has 2 rings (SSSR count). The number of piperidine rings is 1. The van der Waals surface area contributed by atoms with Crippen molar-refractivity contribution in [2.24, 2.45) is 0 Å². The number of likely N-dealkylation sites (tertiary alicyclic amines) is 1. The highest BCUT2D eigenvalue weighted by molar-refractivity contribution is 9.10. The molecule has 1 fully saturated rings. The lowest BCUT2D eigenvalue weighted by Crippen LogP contribution is -2.36. The van der Waals surface area contributed by atoms with E-state index in [0.717, 1.165) is 28.3 Å². The second-order valence-corrected chi connectivity index (χ2v) is 5.52. The molecule has 1 heterocycles. The summed E-state index contributed by atoms with van der Waals surface area (Å²) >= 11 is 9.57. The van der Waals surface area contributed by atoms with Gasteiger partial charge in [0.25, 0.3) is 0 Å². The van der Waals surface area contributed by atoms with Crippen molar-refractivity contribution in [1.29, 1.82) is 0 Å². The van der Waals surface area contributed by atoms with Crippen molar-refractivity contribution in [2.75, 3.05) is 25.5 Å². The van der Waals surface area contributed by atoms with Gasteiger partial charge in [0.2, 0.25) is 0 Å². The van der Waals surface area contributed by atoms with E-state index in [1.54, 1.807) is 0 Å². The van der Waals surface area contributed by atoms with Gasteiger partial charge in [-0.1, -0.05) is 17.7 Å². The minimum Gasteiger partial charge on any atom is -0.381 e. The molecule has 0 bridgehead atoms. The van der Waals surface area contributed by atoms with Gasteiger partial charge in [-0.05, 0) is 61.0 Å². The highest BCUT2D eigenvalue weighted by Gasteiger charge is 2.17. The molecule has 1 N–H and O–H groups in total. The molecule has 88 valence electrons. The van der Waals surface area contributed by atoms with Crippen molar-refractivity contribution in [2.45, 2.75) is 18.9 Å². The van der Waals surface area contributed by atoms with Gasteiger partial charge in [0.1, 0.15) is 0 Å². The summed E-state index contributed by atoms with van der Waals surface area (Å²) in [6, 6.07) is 6.50. The minimum atomic E-state index is 0.561. The van der Waals surface area contributed by atoms with Crippen molar-refractivity contribution in [3.05, 3.63) is 27.7 Å². The third-order valence-corrected chi connectivity index (χ3v) is 4.43. The van der Waals surface area contributed by atoms with Gasteiger partial charge in [-0.3, -0.25) is 0 Å². The summed E-state index contributed by atoms with van der Waals surface area (Å²) in [4.78, 5) is 2.37. The van der Waals surface area contributed by atoms with Crippen molar-refractivity contribution < 1.29 is 0 Å². The molecule has 0 unspecified atom stereocenters. The summed E-state index contributed by atoms with van der Waals surface area (Å²) in [7, 11) is 2.17. The number of benzene rings is 1. The monoisotopic (exact) mass is 302 g/mol. The maximum Gasteiger partial charge on any atom is 0.0593 e. The van der Waals surface area contributed by atoms with Gasteiger partial charge in [-0.2, -0.15) is 0 Å². The SMILES string of the molecule is CN1CCC(Nc2cccc(Cl)c2Br)CC1. The van der Waals surface area contributed by atoms with Crippen molar-refractivity contribution in [3.8, 4) is 0 Å². The topological polar surface area (TPSA) is 15.3 Å². The number of anilines is 1. The average Bonchev–Trinajstić information content (AvgIpc) is 2.28. The van der Waals surface area contributed by atoms with Crippen LogP contribution >= 0.6 is 27.5 Å². The van der Waals surface area contributed by atoms with Gasteiger partial charge >= 0.3 is 0 Å². The summed E-state index contributed by atoms with van der Waals surface area (Å²) in [5.74, 6) is 0. The highest BCUT2D eigenvalue weighted by atomic mass is 79.9. The molecule has 0 saturated carbocycles. The van der Waals surface area contributed by atoms with E-state index in [1.165, 1.54) is 12.8 Å². The molecule has 0 radical (unpaired) electrons. The molecule has 0 aromatic heterocycles. The number of nitrogens with zero attached hydrogens (tertiary/aromatic N) is 1. The third kappa shape index (κ3) is 2.90. The standard InChI is InChI=1S/C12H16BrClN2/c1-16-7-5-9(6-8-16)15-11-4-2-3-10(14)12(11)13/h2-4,9,15H,5-8H2,1H3. The molecule has 1 saturated heterocycles. The van der Waals surface area contributed by atoms with Crippen LogP contribution in [-0.4, -0.2) is 31.1 Å². The fourth-order valence-corrected chi connectivity index (χ4v) is 2.54. The Hall–Kier alpha value is -0.250. The Kier molecular flexibility index (Phi) is 4.11. The summed E-state index contributed by atoms with van der Waals surface area (Å²) in [5.41, 5.74) is 1.10. The molecule has 0 spiro atoms. The quantitative estimate of drug-likeness (QED) is 0.898. The first-order valence-electron chi connectivity index (χ1n) is 5.56. The third-order valence-electron chi connectivity index (χ3n) is 3.03. The van der Waals surface area contributed by atoms with Gasteiger partial charge < -0.3 is 10.2 Å².